The number of amides is 2. The molecule has 6 atom stereocenters. The van der Waals surface area contributed by atoms with Gasteiger partial charge in [-0.05, 0) is 39.8 Å². The minimum Gasteiger partial charge on any atom is -0.477 e. The van der Waals surface area contributed by atoms with Crippen molar-refractivity contribution in [1.82, 2.24) is 15.1 Å². The summed E-state index contributed by atoms with van der Waals surface area (Å²) >= 11 is 1.21. The fraction of sp³-hybridized carbons (Fsp3) is 0.600. The number of ether oxygens (including phenoxy) is 1. The number of carboxylic acid groups (broad SMARTS) is 1. The molecule has 0 saturated carbocycles. The number of furan rings is 1. The van der Waals surface area contributed by atoms with Crippen LogP contribution in [0.25, 0.3) is 0 Å². The quantitative estimate of drug-likeness (QED) is 0.257. The third-order valence-corrected chi connectivity index (χ3v) is 8.55. The van der Waals surface area contributed by atoms with Crippen LogP contribution in [-0.4, -0.2) is 79.5 Å². The lowest BCUT2D eigenvalue weighted by molar-refractivity contribution is -0.163. The number of β-lactam (4-membered cyclic amide) rings is 1. The van der Waals surface area contributed by atoms with E-state index in [0.29, 0.717) is 17.0 Å². The van der Waals surface area contributed by atoms with Crippen molar-refractivity contribution in [1.29, 1.82) is 0 Å². The highest BCUT2D eigenvalue weighted by Gasteiger charge is 2.61. The van der Waals surface area contributed by atoms with Crippen LogP contribution >= 0.6 is 11.8 Å². The van der Waals surface area contributed by atoms with Gasteiger partial charge < -0.3 is 29.1 Å². The number of thioether (sulfide) groups is 1. The number of carboxylic acids is 1. The Bertz CT molecular complexity index is 1110. The van der Waals surface area contributed by atoms with Gasteiger partial charge in [-0.1, -0.05) is 6.92 Å². The van der Waals surface area contributed by atoms with Crippen LogP contribution in [0.4, 0.5) is 4.79 Å². The van der Waals surface area contributed by atoms with Crippen molar-refractivity contribution in [3.63, 3.8) is 0 Å². The summed E-state index contributed by atoms with van der Waals surface area (Å²) in [5.41, 5.74) is -0.895. The van der Waals surface area contributed by atoms with E-state index in [1.165, 1.54) is 34.7 Å². The first-order valence-electron chi connectivity index (χ1n) is 12.2. The number of aliphatic hydroxyl groups is 1. The van der Waals surface area contributed by atoms with E-state index < -0.39 is 52.5 Å². The fourth-order valence-corrected chi connectivity index (χ4v) is 6.94. The molecule has 0 bridgehead atoms. The number of hydrogen-bond acceptors (Lipinski definition) is 9. The maximum absolute atomic E-state index is 13.0. The standard InChI is InChI=1S/C25H33N3O8S/c1-13-18-17(14(2)30)21(31)28(18)19(22(32)33)20(13)37-25(26-10-16-7-6-8-35-16)9-15(11-29)27(12-25)23(34)36-24(3,4)5/h6-8,11,13-15,17-18,26,30H,9-10,12H2,1-5H3,(H,32,33)/t13-,14-,15+,17-,18-,25+/m1/s1. The number of carbonyl (C=O) groups is 4. The molecule has 4 rings (SSSR count). The Morgan fingerprint density at radius 1 is 1.41 bits per heavy atom. The largest absolute Gasteiger partial charge is 0.477 e. The number of carbonyl (C=O) groups excluding carboxylic acids is 3. The first kappa shape index (κ1) is 27.2. The number of aliphatic hydroxyl groups excluding tert-OH is 1. The lowest BCUT2D eigenvalue weighted by Gasteiger charge is -2.46. The van der Waals surface area contributed by atoms with Gasteiger partial charge in [-0.25, -0.2) is 9.59 Å². The molecule has 1 aromatic heterocycles. The van der Waals surface area contributed by atoms with Gasteiger partial charge in [-0.3, -0.25) is 15.0 Å². The lowest BCUT2D eigenvalue weighted by atomic mass is 9.79. The zero-order valence-electron chi connectivity index (χ0n) is 21.5. The maximum atomic E-state index is 13.0. The smallest absolute Gasteiger partial charge is 0.410 e. The van der Waals surface area contributed by atoms with Crippen LogP contribution in [0.15, 0.2) is 33.4 Å². The molecule has 37 heavy (non-hydrogen) atoms. The minimum absolute atomic E-state index is 0.0538. The molecule has 3 N–H and O–H groups in total. The van der Waals surface area contributed by atoms with Crippen LogP contribution in [0.1, 0.15) is 46.8 Å². The van der Waals surface area contributed by atoms with Crippen LogP contribution in [0, 0.1) is 11.8 Å². The number of fused-ring (bicyclic) bond motifs is 1. The van der Waals surface area contributed by atoms with Crippen LogP contribution in [0.5, 0.6) is 0 Å². The van der Waals surface area contributed by atoms with E-state index >= 15 is 0 Å². The SMILES string of the molecule is C[C@@H](O)[C@H]1C(=O)N2C(C(=O)O)=C(S[C@@]3(NCc4ccco4)C[C@@H](C=O)N(C(=O)OC(C)(C)C)C3)[C@H](C)[C@H]12. The van der Waals surface area contributed by atoms with Crippen molar-refractivity contribution in [3.8, 4) is 0 Å². The van der Waals surface area contributed by atoms with E-state index in [2.05, 4.69) is 5.32 Å². The van der Waals surface area contributed by atoms with Gasteiger partial charge in [-0.15, -0.1) is 11.8 Å². The van der Waals surface area contributed by atoms with Crippen LogP contribution in [0.2, 0.25) is 0 Å². The van der Waals surface area contributed by atoms with Gasteiger partial charge in [0, 0.05) is 17.2 Å². The van der Waals surface area contributed by atoms with Crippen LogP contribution in [-0.2, 0) is 25.7 Å². The average Bonchev–Trinajstić information content (AvgIpc) is 3.49. The fourth-order valence-electron chi connectivity index (χ4n) is 5.31. The molecular formula is C25H33N3O8S. The molecule has 11 nitrogen and oxygen atoms in total. The number of nitrogens with zero attached hydrogens (tertiary/aromatic N) is 2. The van der Waals surface area contributed by atoms with Gasteiger partial charge in [0.15, 0.2) is 0 Å². The molecule has 2 saturated heterocycles. The molecule has 0 aromatic carbocycles. The van der Waals surface area contributed by atoms with Gasteiger partial charge >= 0.3 is 12.1 Å². The number of likely N-dealkylation sites (tertiary alicyclic amines) is 1. The summed E-state index contributed by atoms with van der Waals surface area (Å²) in [6, 6.07) is 2.24. The van der Waals surface area contributed by atoms with E-state index in [-0.39, 0.29) is 31.1 Å². The zero-order chi connectivity index (χ0) is 27.3. The summed E-state index contributed by atoms with van der Waals surface area (Å²) in [5, 5.41) is 23.6. The third-order valence-electron chi connectivity index (χ3n) is 6.93. The van der Waals surface area contributed by atoms with Gasteiger partial charge in [0.05, 0.1) is 48.3 Å². The van der Waals surface area contributed by atoms with E-state index in [1.807, 2.05) is 6.92 Å². The predicted molar refractivity (Wildman–Crippen MR) is 133 cm³/mol. The predicted octanol–water partition coefficient (Wildman–Crippen LogP) is 2.16. The highest BCUT2D eigenvalue weighted by molar-refractivity contribution is 8.04. The van der Waals surface area contributed by atoms with E-state index in [1.54, 1.807) is 32.9 Å². The molecule has 0 unspecified atom stereocenters. The first-order valence-corrected chi connectivity index (χ1v) is 13.0. The molecule has 202 valence electrons. The molecule has 2 fully saturated rings. The number of aldehydes is 1. The minimum atomic E-state index is -1.25. The van der Waals surface area contributed by atoms with E-state index in [9.17, 15) is 29.4 Å². The molecular weight excluding hydrogens is 502 g/mol. The lowest BCUT2D eigenvalue weighted by Crippen LogP contribution is -2.63. The number of aliphatic carboxylic acids is 1. The summed E-state index contributed by atoms with van der Waals surface area (Å²) in [4.78, 5) is 52.3. The Hall–Kier alpha value is -2.83. The average molecular weight is 536 g/mol. The molecule has 4 heterocycles. The van der Waals surface area contributed by atoms with Crippen molar-refractivity contribution in [2.75, 3.05) is 6.54 Å². The topological polar surface area (TPSA) is 150 Å². The Kier molecular flexibility index (Phi) is 7.21. The Labute approximate surface area is 219 Å². The molecule has 3 aliphatic heterocycles. The van der Waals surface area contributed by atoms with Crippen molar-refractivity contribution in [2.24, 2.45) is 11.8 Å². The van der Waals surface area contributed by atoms with Crippen LogP contribution in [0.3, 0.4) is 0 Å². The van der Waals surface area contributed by atoms with Gasteiger partial charge in [0.1, 0.15) is 23.3 Å². The molecule has 3 aliphatic rings. The van der Waals surface area contributed by atoms with E-state index in [4.69, 9.17) is 9.15 Å². The second kappa shape index (κ2) is 9.80. The van der Waals surface area contributed by atoms with Crippen molar-refractivity contribution >= 4 is 36.0 Å². The second-order valence-corrected chi connectivity index (χ2v) is 12.2. The third kappa shape index (κ3) is 5.01. The molecule has 1 aromatic rings. The molecule has 0 radical (unpaired) electrons. The molecule has 0 spiro atoms. The molecule has 2 amide bonds. The Balaban J connectivity index is 1.69. The second-order valence-electron chi connectivity index (χ2n) is 10.8. The molecule has 12 heteroatoms. The highest BCUT2D eigenvalue weighted by atomic mass is 32.2. The molecule has 0 aliphatic carbocycles. The Morgan fingerprint density at radius 3 is 2.65 bits per heavy atom. The van der Waals surface area contributed by atoms with E-state index in [0.717, 1.165) is 0 Å². The van der Waals surface area contributed by atoms with Gasteiger partial charge in [-0.2, -0.15) is 0 Å². The summed E-state index contributed by atoms with van der Waals surface area (Å²) in [6.07, 6.45) is 0.833. The van der Waals surface area contributed by atoms with Crippen LogP contribution < -0.4 is 5.32 Å². The Morgan fingerprint density at radius 2 is 2.11 bits per heavy atom. The monoisotopic (exact) mass is 535 g/mol. The van der Waals surface area contributed by atoms with Crippen molar-refractivity contribution in [3.05, 3.63) is 34.8 Å². The first-order chi connectivity index (χ1) is 17.3. The maximum Gasteiger partial charge on any atom is 0.410 e. The summed E-state index contributed by atoms with van der Waals surface area (Å²) in [6.45, 7) is 8.87. The zero-order valence-corrected chi connectivity index (χ0v) is 22.3. The van der Waals surface area contributed by atoms with Crippen molar-refractivity contribution < 1.29 is 38.5 Å². The number of hydrogen-bond donors (Lipinski definition) is 3. The summed E-state index contributed by atoms with van der Waals surface area (Å²) in [7, 11) is 0. The van der Waals surface area contributed by atoms with Gasteiger partial charge in [0.25, 0.3) is 0 Å². The number of nitrogens with one attached hydrogen (secondary N) is 1. The summed E-state index contributed by atoms with van der Waals surface area (Å²) in [5.74, 6) is -2.12. The normalized spacial score (nSPS) is 30.3. The highest BCUT2D eigenvalue weighted by Crippen LogP contribution is 2.54. The van der Waals surface area contributed by atoms with Gasteiger partial charge in [0.2, 0.25) is 5.91 Å². The summed E-state index contributed by atoms with van der Waals surface area (Å²) < 4.78 is 11.0. The van der Waals surface area contributed by atoms with Crippen molar-refractivity contribution in [2.45, 2.75) is 76.2 Å². The number of rotatable bonds is 8.